The van der Waals surface area contributed by atoms with E-state index in [0.717, 1.165) is 5.56 Å². The van der Waals surface area contributed by atoms with Gasteiger partial charge in [-0.2, -0.15) is 0 Å². The molecule has 0 aliphatic carbocycles. The van der Waals surface area contributed by atoms with Gasteiger partial charge in [-0.3, -0.25) is 15.5 Å². The Hall–Kier alpha value is -2.86. The molecule has 0 spiro atoms. The van der Waals surface area contributed by atoms with Crippen LogP contribution in [0.15, 0.2) is 54.6 Å². The smallest absolute Gasteiger partial charge is 0.411 e. The third kappa shape index (κ3) is 4.32. The molecule has 0 aromatic heterocycles. The van der Waals surface area contributed by atoms with E-state index in [2.05, 4.69) is 5.32 Å². The molecule has 2 rings (SSSR count). The lowest BCUT2D eigenvalue weighted by Crippen LogP contribution is -2.29. The van der Waals surface area contributed by atoms with E-state index in [1.165, 1.54) is 0 Å². The number of nitrogens with two attached hydrogens (primary N) is 1. The van der Waals surface area contributed by atoms with Gasteiger partial charge in [0.1, 0.15) is 6.61 Å². The average Bonchev–Trinajstić information content (AvgIpc) is 2.53. The van der Waals surface area contributed by atoms with Crippen LogP contribution in [0.1, 0.15) is 15.9 Å². The van der Waals surface area contributed by atoms with E-state index in [9.17, 15) is 9.59 Å². The second-order valence-electron chi connectivity index (χ2n) is 4.24. The van der Waals surface area contributed by atoms with Gasteiger partial charge in [0.05, 0.1) is 0 Å². The lowest BCUT2D eigenvalue weighted by atomic mass is 10.1. The molecule has 0 atom stereocenters. The molecule has 0 radical (unpaired) electrons. The number of hydrogen-bond acceptors (Lipinski definition) is 4. The summed E-state index contributed by atoms with van der Waals surface area (Å²) in [5, 5.41) is 2.61. The van der Waals surface area contributed by atoms with Gasteiger partial charge in [-0.1, -0.05) is 30.3 Å². The Bertz CT molecular complexity index is 612. The first-order valence-corrected chi connectivity index (χ1v) is 6.28. The molecule has 2 aromatic carbocycles. The van der Waals surface area contributed by atoms with E-state index < -0.39 is 6.09 Å². The van der Waals surface area contributed by atoms with Crippen LogP contribution in [0.5, 0.6) is 0 Å². The first kappa shape index (κ1) is 14.5. The molecular weight excluding hydrogens is 270 g/mol. The van der Waals surface area contributed by atoms with Crippen molar-refractivity contribution in [1.82, 2.24) is 5.43 Å². The van der Waals surface area contributed by atoms with Crippen LogP contribution in [0.4, 0.5) is 10.5 Å². The fourth-order valence-corrected chi connectivity index (χ4v) is 1.66. The minimum atomic E-state index is -0.537. The molecule has 0 heterocycles. The fraction of sp³-hybridized carbons (Fsp3) is 0.0667. The second kappa shape index (κ2) is 7.06. The summed E-state index contributed by atoms with van der Waals surface area (Å²) in [5.74, 6) is 4.67. The summed E-state index contributed by atoms with van der Waals surface area (Å²) in [6.45, 7) is 0.114. The Morgan fingerprint density at radius 1 is 1.00 bits per heavy atom. The number of ether oxygens (including phenoxy) is 1. The third-order valence-electron chi connectivity index (χ3n) is 2.74. The maximum Gasteiger partial charge on any atom is 0.411 e. The van der Waals surface area contributed by atoms with Crippen LogP contribution >= 0.6 is 0 Å². The van der Waals surface area contributed by atoms with Gasteiger partial charge in [0.15, 0.2) is 0 Å². The van der Waals surface area contributed by atoms with Gasteiger partial charge in [-0.15, -0.1) is 0 Å². The molecule has 0 bridgehead atoms. The number of hydrogen-bond donors (Lipinski definition) is 3. The molecule has 6 heteroatoms. The fourth-order valence-electron chi connectivity index (χ4n) is 1.66. The van der Waals surface area contributed by atoms with Gasteiger partial charge in [0, 0.05) is 11.3 Å². The number of nitrogen functional groups attached to an aromatic ring is 1. The molecule has 0 aliphatic heterocycles. The zero-order chi connectivity index (χ0) is 15.1. The van der Waals surface area contributed by atoms with Crippen LogP contribution in [-0.4, -0.2) is 12.0 Å². The summed E-state index contributed by atoms with van der Waals surface area (Å²) < 4.78 is 5.08. The van der Waals surface area contributed by atoms with E-state index in [1.807, 2.05) is 23.6 Å². The number of carbonyl (C=O) groups excluding carboxylic acids is 2. The monoisotopic (exact) mass is 285 g/mol. The minimum absolute atomic E-state index is 0.114. The van der Waals surface area contributed by atoms with Crippen molar-refractivity contribution in [1.29, 1.82) is 0 Å². The van der Waals surface area contributed by atoms with Crippen molar-refractivity contribution in [2.75, 3.05) is 5.32 Å². The van der Waals surface area contributed by atoms with Crippen molar-refractivity contribution in [3.63, 3.8) is 0 Å². The number of anilines is 1. The minimum Gasteiger partial charge on any atom is -0.444 e. The van der Waals surface area contributed by atoms with E-state index >= 15 is 0 Å². The highest BCUT2D eigenvalue weighted by Gasteiger charge is 2.05. The van der Waals surface area contributed by atoms with Gasteiger partial charge in [-0.25, -0.2) is 10.6 Å². The van der Waals surface area contributed by atoms with E-state index in [1.54, 1.807) is 36.4 Å². The lowest BCUT2D eigenvalue weighted by molar-refractivity contribution is 0.0953. The van der Waals surface area contributed by atoms with Gasteiger partial charge in [-0.05, 0) is 29.8 Å². The Morgan fingerprint density at radius 2 is 1.67 bits per heavy atom. The van der Waals surface area contributed by atoms with Crippen LogP contribution < -0.4 is 16.6 Å². The van der Waals surface area contributed by atoms with Gasteiger partial charge in [0.25, 0.3) is 5.91 Å². The molecule has 6 nitrogen and oxygen atoms in total. The van der Waals surface area contributed by atoms with Gasteiger partial charge in [0.2, 0.25) is 0 Å². The zero-order valence-electron chi connectivity index (χ0n) is 11.2. The Morgan fingerprint density at radius 3 is 2.29 bits per heavy atom. The molecule has 4 N–H and O–H groups in total. The molecular formula is C15H15N3O3. The number of rotatable bonds is 4. The average molecular weight is 285 g/mol. The molecule has 2 amide bonds. The Kier molecular flexibility index (Phi) is 4.89. The number of hydrazine groups is 1. The van der Waals surface area contributed by atoms with Crippen LogP contribution in [0.25, 0.3) is 0 Å². The Balaban J connectivity index is 1.85. The summed E-state index contributed by atoms with van der Waals surface area (Å²) in [5.41, 5.74) is 3.92. The predicted octanol–water partition coefficient (Wildman–Crippen LogP) is 2.04. The highest BCUT2D eigenvalue weighted by Crippen LogP contribution is 2.08. The number of para-hydroxylation sites is 1. The first-order chi connectivity index (χ1) is 10.2. The topological polar surface area (TPSA) is 93.4 Å². The summed E-state index contributed by atoms with van der Waals surface area (Å²) in [6, 6.07) is 15.6. The molecule has 21 heavy (non-hydrogen) atoms. The van der Waals surface area contributed by atoms with Crippen molar-refractivity contribution < 1.29 is 14.3 Å². The highest BCUT2D eigenvalue weighted by atomic mass is 16.5. The molecule has 0 aliphatic rings. The molecule has 2 aromatic rings. The molecule has 0 saturated heterocycles. The van der Waals surface area contributed by atoms with Crippen molar-refractivity contribution in [2.45, 2.75) is 6.61 Å². The van der Waals surface area contributed by atoms with Gasteiger partial charge >= 0.3 is 6.09 Å². The lowest BCUT2D eigenvalue weighted by Gasteiger charge is -2.07. The maximum absolute atomic E-state index is 11.6. The number of nitrogens with one attached hydrogen (secondary N) is 2. The number of benzene rings is 2. The molecule has 0 fully saturated rings. The van der Waals surface area contributed by atoms with Crippen molar-refractivity contribution in [3.8, 4) is 0 Å². The molecule has 108 valence electrons. The van der Waals surface area contributed by atoms with Crippen LogP contribution in [0.3, 0.4) is 0 Å². The van der Waals surface area contributed by atoms with Crippen LogP contribution in [0.2, 0.25) is 0 Å². The van der Waals surface area contributed by atoms with E-state index in [0.29, 0.717) is 11.3 Å². The van der Waals surface area contributed by atoms with E-state index in [-0.39, 0.29) is 12.5 Å². The van der Waals surface area contributed by atoms with Crippen molar-refractivity contribution >= 4 is 17.7 Å². The first-order valence-electron chi connectivity index (χ1n) is 6.28. The molecule has 0 unspecified atom stereocenters. The highest BCUT2D eigenvalue weighted by molar-refractivity contribution is 5.93. The summed E-state index contributed by atoms with van der Waals surface area (Å²) in [4.78, 5) is 22.9. The maximum atomic E-state index is 11.6. The van der Waals surface area contributed by atoms with E-state index in [4.69, 9.17) is 10.6 Å². The zero-order valence-corrected chi connectivity index (χ0v) is 11.2. The SMILES string of the molecule is NNC(=O)c1ccc(COC(=O)Nc2ccccc2)cc1. The quantitative estimate of drug-likeness (QED) is 0.455. The Labute approximate surface area is 121 Å². The van der Waals surface area contributed by atoms with Crippen molar-refractivity contribution in [2.24, 2.45) is 5.84 Å². The predicted molar refractivity (Wildman–Crippen MR) is 78.3 cm³/mol. The normalized spacial score (nSPS) is 9.76. The summed E-state index contributed by atoms with van der Waals surface area (Å²) in [6.07, 6.45) is -0.537. The second-order valence-corrected chi connectivity index (χ2v) is 4.24. The van der Waals surface area contributed by atoms with Crippen LogP contribution in [-0.2, 0) is 11.3 Å². The van der Waals surface area contributed by atoms with Gasteiger partial charge < -0.3 is 4.74 Å². The largest absolute Gasteiger partial charge is 0.444 e. The number of amides is 2. The third-order valence-corrected chi connectivity index (χ3v) is 2.74. The summed E-state index contributed by atoms with van der Waals surface area (Å²) >= 11 is 0. The molecule has 0 saturated carbocycles. The standard InChI is InChI=1S/C15H15N3O3/c16-18-14(19)12-8-6-11(7-9-12)10-21-15(20)17-13-4-2-1-3-5-13/h1-9H,10,16H2,(H,17,20)(H,18,19). The summed E-state index contributed by atoms with van der Waals surface area (Å²) in [7, 11) is 0. The van der Waals surface area contributed by atoms with Crippen LogP contribution in [0, 0.1) is 0 Å². The number of carbonyl (C=O) groups is 2. The van der Waals surface area contributed by atoms with Crippen molar-refractivity contribution in [3.05, 3.63) is 65.7 Å².